The minimum Gasteiger partial charge on any atom is -0.493 e. The van der Waals surface area contributed by atoms with Crippen LogP contribution in [-0.4, -0.2) is 18.8 Å². The number of rotatable bonds is 7. The molecule has 0 radical (unpaired) electrons. The summed E-state index contributed by atoms with van der Waals surface area (Å²) in [5.41, 5.74) is 2.16. The lowest BCUT2D eigenvalue weighted by Gasteiger charge is -2.09. The molecule has 5 nitrogen and oxygen atoms in total. The lowest BCUT2D eigenvalue weighted by Crippen LogP contribution is -2.10. The number of benzene rings is 2. The van der Waals surface area contributed by atoms with Gasteiger partial charge in [-0.15, -0.1) is 11.3 Å². The number of hydrogen-bond donors (Lipinski definition) is 1. The first-order valence-electron chi connectivity index (χ1n) is 8.32. The molecule has 3 rings (SSSR count). The van der Waals surface area contributed by atoms with Crippen LogP contribution in [0.5, 0.6) is 11.5 Å². The number of nitrogens with one attached hydrogen (secondary N) is 1. The van der Waals surface area contributed by atoms with Gasteiger partial charge in [0.1, 0.15) is 6.61 Å². The topological polar surface area (TPSA) is 64.6 Å². The average Bonchev–Trinajstić information content (AvgIpc) is 3.16. The van der Waals surface area contributed by atoms with Crippen LogP contribution in [-0.2, 0) is 6.61 Å². The van der Waals surface area contributed by atoms with Crippen molar-refractivity contribution in [2.75, 3.05) is 12.4 Å². The van der Waals surface area contributed by atoms with Gasteiger partial charge in [-0.1, -0.05) is 12.1 Å². The Labute approximate surface area is 161 Å². The molecule has 1 heterocycles. The van der Waals surface area contributed by atoms with Gasteiger partial charge in [0, 0.05) is 16.8 Å². The number of para-hydroxylation sites is 2. The number of hydrogen-bond acceptors (Lipinski definition) is 5. The third kappa shape index (κ3) is 4.74. The number of ether oxygens (including phenoxy) is 2. The zero-order valence-electron chi connectivity index (χ0n) is 15.0. The van der Waals surface area contributed by atoms with Crippen molar-refractivity contribution in [1.29, 1.82) is 0 Å². The quantitative estimate of drug-likeness (QED) is 0.598. The van der Waals surface area contributed by atoms with E-state index in [9.17, 15) is 9.59 Å². The molecule has 0 fully saturated rings. The summed E-state index contributed by atoms with van der Waals surface area (Å²) in [6, 6.07) is 16.0. The van der Waals surface area contributed by atoms with Crippen LogP contribution >= 0.6 is 11.3 Å². The predicted molar refractivity (Wildman–Crippen MR) is 106 cm³/mol. The van der Waals surface area contributed by atoms with Crippen molar-refractivity contribution in [2.24, 2.45) is 0 Å². The summed E-state index contributed by atoms with van der Waals surface area (Å²) in [6.07, 6.45) is 0. The Morgan fingerprint density at radius 3 is 2.41 bits per heavy atom. The molecule has 27 heavy (non-hydrogen) atoms. The fourth-order valence-electron chi connectivity index (χ4n) is 2.45. The van der Waals surface area contributed by atoms with Crippen LogP contribution in [0.1, 0.15) is 32.5 Å². The fourth-order valence-corrected chi connectivity index (χ4v) is 3.24. The van der Waals surface area contributed by atoms with Crippen molar-refractivity contribution in [3.8, 4) is 11.5 Å². The van der Waals surface area contributed by atoms with Crippen LogP contribution in [0.2, 0.25) is 0 Å². The van der Waals surface area contributed by atoms with Gasteiger partial charge in [-0.3, -0.25) is 9.59 Å². The number of anilines is 1. The van der Waals surface area contributed by atoms with Gasteiger partial charge >= 0.3 is 0 Å². The highest BCUT2D eigenvalue weighted by molar-refractivity contribution is 7.12. The Kier molecular flexibility index (Phi) is 5.88. The third-order valence-corrected chi connectivity index (χ3v) is 4.87. The third-order valence-electron chi connectivity index (χ3n) is 3.89. The van der Waals surface area contributed by atoms with E-state index in [1.165, 1.54) is 18.3 Å². The molecule has 1 N–H and O–H groups in total. The van der Waals surface area contributed by atoms with E-state index in [1.807, 2.05) is 29.6 Å². The van der Waals surface area contributed by atoms with Crippen molar-refractivity contribution in [3.05, 3.63) is 76.0 Å². The molecule has 0 aliphatic heterocycles. The molecule has 0 unspecified atom stereocenters. The average molecular weight is 381 g/mol. The Balaban J connectivity index is 1.61. The lowest BCUT2D eigenvalue weighted by atomic mass is 10.1. The van der Waals surface area contributed by atoms with E-state index in [4.69, 9.17) is 9.47 Å². The number of carbonyl (C=O) groups is 2. The first kappa shape index (κ1) is 18.7. The maximum atomic E-state index is 12.4. The molecule has 6 heteroatoms. The van der Waals surface area contributed by atoms with E-state index in [1.54, 1.807) is 37.4 Å². The summed E-state index contributed by atoms with van der Waals surface area (Å²) < 4.78 is 11.0. The van der Waals surface area contributed by atoms with E-state index >= 15 is 0 Å². The normalized spacial score (nSPS) is 10.3. The monoisotopic (exact) mass is 381 g/mol. The molecule has 3 aromatic rings. The van der Waals surface area contributed by atoms with Gasteiger partial charge in [0.15, 0.2) is 17.3 Å². The van der Waals surface area contributed by atoms with Crippen molar-refractivity contribution < 1.29 is 19.1 Å². The van der Waals surface area contributed by atoms with Crippen molar-refractivity contribution in [1.82, 2.24) is 0 Å². The van der Waals surface area contributed by atoms with Crippen LogP contribution in [0, 0.1) is 0 Å². The highest BCUT2D eigenvalue weighted by Crippen LogP contribution is 2.27. The van der Waals surface area contributed by atoms with Crippen molar-refractivity contribution in [2.45, 2.75) is 13.5 Å². The van der Waals surface area contributed by atoms with Crippen LogP contribution in [0.4, 0.5) is 5.69 Å². The minimum atomic E-state index is -0.195. The van der Waals surface area contributed by atoms with Crippen LogP contribution in [0.15, 0.2) is 60.0 Å². The molecule has 0 saturated carbocycles. The zero-order chi connectivity index (χ0) is 19.2. The minimum absolute atomic E-state index is 0.00850. The van der Waals surface area contributed by atoms with Gasteiger partial charge < -0.3 is 14.8 Å². The summed E-state index contributed by atoms with van der Waals surface area (Å²) in [5.74, 6) is 1.12. The number of ketones is 1. The summed E-state index contributed by atoms with van der Waals surface area (Å²) in [6.45, 7) is 1.85. The van der Waals surface area contributed by atoms with Gasteiger partial charge in [0.05, 0.1) is 12.0 Å². The Morgan fingerprint density at radius 1 is 1.04 bits per heavy atom. The second kappa shape index (κ2) is 8.51. The predicted octanol–water partition coefficient (Wildman–Crippen LogP) is 4.79. The summed E-state index contributed by atoms with van der Waals surface area (Å²) in [7, 11) is 1.60. The van der Waals surface area contributed by atoms with E-state index in [2.05, 4.69) is 5.32 Å². The maximum absolute atomic E-state index is 12.4. The smallest absolute Gasteiger partial charge is 0.265 e. The molecule has 0 bridgehead atoms. The van der Waals surface area contributed by atoms with Gasteiger partial charge in [-0.2, -0.15) is 0 Å². The van der Waals surface area contributed by atoms with Crippen LogP contribution in [0.25, 0.3) is 0 Å². The van der Waals surface area contributed by atoms with Crippen molar-refractivity contribution in [3.63, 3.8) is 0 Å². The van der Waals surface area contributed by atoms with Crippen LogP contribution in [0.3, 0.4) is 0 Å². The molecular formula is C21H19NO4S. The number of carbonyl (C=O) groups excluding carboxylic acids is 2. The molecular weight excluding hydrogens is 362 g/mol. The lowest BCUT2D eigenvalue weighted by molar-refractivity contribution is 0.101. The van der Waals surface area contributed by atoms with E-state index in [-0.39, 0.29) is 11.7 Å². The van der Waals surface area contributed by atoms with Gasteiger partial charge in [-0.25, -0.2) is 0 Å². The highest BCUT2D eigenvalue weighted by Gasteiger charge is 2.11. The Bertz CT molecular complexity index is 947. The van der Waals surface area contributed by atoms with Crippen molar-refractivity contribution >= 4 is 28.7 Å². The zero-order valence-corrected chi connectivity index (χ0v) is 15.8. The summed E-state index contributed by atoms with van der Waals surface area (Å²) in [5, 5.41) is 4.72. The second-order valence-corrected chi connectivity index (χ2v) is 6.76. The molecule has 0 aliphatic rings. The van der Waals surface area contributed by atoms with Gasteiger partial charge in [0.2, 0.25) is 0 Å². The second-order valence-electron chi connectivity index (χ2n) is 5.85. The van der Waals surface area contributed by atoms with Gasteiger partial charge in [0.25, 0.3) is 5.91 Å². The number of amides is 1. The summed E-state index contributed by atoms with van der Waals surface area (Å²) in [4.78, 5) is 24.3. The molecule has 0 saturated heterocycles. The number of Topliss-reactive ketones (excluding diaryl/α,β-unsaturated/α-hetero) is 1. The van der Waals surface area contributed by atoms with Crippen LogP contribution < -0.4 is 14.8 Å². The highest BCUT2D eigenvalue weighted by atomic mass is 32.1. The molecule has 138 valence electrons. The fraction of sp³-hybridized carbons (Fsp3) is 0.143. The SMILES string of the molecule is COc1ccccc1OCc1csc(C(=O)Nc2ccc(C(C)=O)cc2)c1. The molecule has 1 amide bonds. The van der Waals surface area contributed by atoms with E-state index < -0.39 is 0 Å². The number of thiophene rings is 1. The molecule has 0 aliphatic carbocycles. The Morgan fingerprint density at radius 2 is 1.74 bits per heavy atom. The molecule has 1 aromatic heterocycles. The standard InChI is InChI=1S/C21H19NO4S/c1-14(23)16-7-9-17(10-8-16)22-21(24)20-11-15(13-27-20)12-26-19-6-4-3-5-18(19)25-2/h3-11,13H,12H2,1-2H3,(H,22,24). The van der Waals surface area contributed by atoms with E-state index in [0.717, 1.165) is 5.56 Å². The molecule has 0 atom stereocenters. The molecule has 0 spiro atoms. The maximum Gasteiger partial charge on any atom is 0.265 e. The Hall–Kier alpha value is -3.12. The van der Waals surface area contributed by atoms with Gasteiger partial charge in [-0.05, 0) is 54.8 Å². The largest absolute Gasteiger partial charge is 0.493 e. The van der Waals surface area contributed by atoms with E-state index in [0.29, 0.717) is 34.2 Å². The molecule has 2 aromatic carbocycles. The first-order chi connectivity index (χ1) is 13.1. The summed E-state index contributed by atoms with van der Waals surface area (Å²) >= 11 is 1.35. The number of methoxy groups -OCH3 is 1. The first-order valence-corrected chi connectivity index (χ1v) is 9.20.